The minimum absolute atomic E-state index is 0.0780. The molecule has 0 aromatic rings. The summed E-state index contributed by atoms with van der Waals surface area (Å²) in [4.78, 5) is 11.9. The van der Waals surface area contributed by atoms with Crippen LogP contribution in [0, 0.1) is 0 Å². The molecule has 0 saturated carbocycles. The van der Waals surface area contributed by atoms with E-state index in [1.165, 1.54) is 57.8 Å². The van der Waals surface area contributed by atoms with Crippen LogP contribution >= 0.6 is 0 Å². The summed E-state index contributed by atoms with van der Waals surface area (Å²) in [5, 5.41) is 9.14. The number of carbonyl (C=O) groups excluding carboxylic acids is 1. The van der Waals surface area contributed by atoms with Crippen LogP contribution in [0.4, 0.5) is 0 Å². The number of aliphatic hydroxyl groups is 1. The molecule has 0 bridgehead atoms. The third-order valence-electron chi connectivity index (χ3n) is 4.97. The SMILES string of the molecule is CCCCCCCCCCCCCCCC(=O)C(C)(CO)S(=O)(=O)O. The van der Waals surface area contributed by atoms with E-state index in [4.69, 9.17) is 9.66 Å². The Kier molecular flexibility index (Phi) is 13.5. The first-order valence-electron chi connectivity index (χ1n) is 9.90. The highest BCUT2D eigenvalue weighted by Crippen LogP contribution is 2.20. The van der Waals surface area contributed by atoms with Crippen molar-refractivity contribution < 1.29 is 22.9 Å². The Labute approximate surface area is 154 Å². The highest BCUT2D eigenvalue weighted by molar-refractivity contribution is 7.88. The lowest BCUT2D eigenvalue weighted by molar-refractivity contribution is -0.122. The second-order valence-electron chi connectivity index (χ2n) is 7.28. The lowest BCUT2D eigenvalue weighted by atomic mass is 9.99. The summed E-state index contributed by atoms with van der Waals surface area (Å²) in [6.45, 7) is 2.42. The quantitative estimate of drug-likeness (QED) is 0.283. The molecule has 0 radical (unpaired) electrons. The monoisotopic (exact) mass is 378 g/mol. The molecule has 25 heavy (non-hydrogen) atoms. The van der Waals surface area contributed by atoms with Gasteiger partial charge in [-0.1, -0.05) is 84.0 Å². The fourth-order valence-electron chi connectivity index (χ4n) is 2.88. The lowest BCUT2D eigenvalue weighted by Gasteiger charge is -2.21. The summed E-state index contributed by atoms with van der Waals surface area (Å²) < 4.78 is 29.5. The highest BCUT2D eigenvalue weighted by Gasteiger charge is 2.44. The van der Waals surface area contributed by atoms with Crippen LogP contribution in [0.1, 0.15) is 104 Å². The van der Waals surface area contributed by atoms with Gasteiger partial charge in [-0.25, -0.2) is 0 Å². The standard InChI is InChI=1S/C19H38O5S/c1-3-4-5-6-7-8-9-10-11-12-13-14-15-16-18(21)19(2,17-20)25(22,23)24/h20H,3-17H2,1-2H3,(H,22,23,24). The molecule has 1 atom stereocenters. The molecular weight excluding hydrogens is 340 g/mol. The zero-order chi connectivity index (χ0) is 19.2. The van der Waals surface area contributed by atoms with Gasteiger partial charge in [-0.2, -0.15) is 8.42 Å². The Morgan fingerprint density at radius 2 is 1.16 bits per heavy atom. The number of unbranched alkanes of at least 4 members (excludes halogenated alkanes) is 12. The Morgan fingerprint density at radius 3 is 1.48 bits per heavy atom. The van der Waals surface area contributed by atoms with Gasteiger partial charge in [0, 0.05) is 6.42 Å². The molecule has 5 nitrogen and oxygen atoms in total. The Morgan fingerprint density at radius 1 is 0.800 bits per heavy atom. The second-order valence-corrected chi connectivity index (χ2v) is 9.13. The van der Waals surface area contributed by atoms with Crippen LogP contribution in [-0.4, -0.2) is 35.2 Å². The molecule has 0 aliphatic rings. The van der Waals surface area contributed by atoms with Gasteiger partial charge in [0.15, 0.2) is 10.5 Å². The summed E-state index contributed by atoms with van der Waals surface area (Å²) in [5.41, 5.74) is 0. The average molecular weight is 379 g/mol. The topological polar surface area (TPSA) is 91.7 Å². The van der Waals surface area contributed by atoms with Gasteiger partial charge in [0.05, 0.1) is 6.61 Å². The summed E-state index contributed by atoms with van der Waals surface area (Å²) >= 11 is 0. The summed E-state index contributed by atoms with van der Waals surface area (Å²) in [5.74, 6) is -0.611. The van der Waals surface area contributed by atoms with Crippen molar-refractivity contribution in [2.75, 3.05) is 6.61 Å². The average Bonchev–Trinajstić information content (AvgIpc) is 2.56. The first-order valence-corrected chi connectivity index (χ1v) is 11.3. The van der Waals surface area contributed by atoms with Gasteiger partial charge < -0.3 is 5.11 Å². The van der Waals surface area contributed by atoms with E-state index >= 15 is 0 Å². The van der Waals surface area contributed by atoms with Gasteiger partial charge in [0.2, 0.25) is 0 Å². The van der Waals surface area contributed by atoms with Crippen LogP contribution in [0.3, 0.4) is 0 Å². The minimum Gasteiger partial charge on any atom is -0.394 e. The van der Waals surface area contributed by atoms with Gasteiger partial charge in [0.1, 0.15) is 0 Å². The molecule has 0 spiro atoms. The van der Waals surface area contributed by atoms with Crippen molar-refractivity contribution in [1.29, 1.82) is 0 Å². The van der Waals surface area contributed by atoms with Crippen molar-refractivity contribution in [3.63, 3.8) is 0 Å². The van der Waals surface area contributed by atoms with Gasteiger partial charge in [-0.05, 0) is 13.3 Å². The predicted octanol–water partition coefficient (Wildman–Crippen LogP) is 4.68. The highest BCUT2D eigenvalue weighted by atomic mass is 32.2. The zero-order valence-corrected chi connectivity index (χ0v) is 17.0. The van der Waals surface area contributed by atoms with Crippen molar-refractivity contribution in [2.45, 2.75) is 108 Å². The minimum atomic E-state index is -4.58. The molecule has 0 saturated heterocycles. The van der Waals surface area contributed by atoms with Crippen LogP contribution in [0.25, 0.3) is 0 Å². The molecule has 0 aliphatic heterocycles. The fraction of sp³-hybridized carbons (Fsp3) is 0.947. The first kappa shape index (κ1) is 24.5. The molecule has 0 aromatic carbocycles. The molecule has 2 N–H and O–H groups in total. The lowest BCUT2D eigenvalue weighted by Crippen LogP contribution is -2.46. The van der Waals surface area contributed by atoms with E-state index in [9.17, 15) is 13.2 Å². The number of aliphatic hydroxyl groups excluding tert-OH is 1. The van der Waals surface area contributed by atoms with Gasteiger partial charge in [0.25, 0.3) is 10.1 Å². The van der Waals surface area contributed by atoms with Crippen LogP contribution in [0.5, 0.6) is 0 Å². The van der Waals surface area contributed by atoms with E-state index in [-0.39, 0.29) is 6.42 Å². The van der Waals surface area contributed by atoms with Crippen molar-refractivity contribution >= 4 is 15.9 Å². The van der Waals surface area contributed by atoms with Gasteiger partial charge >= 0.3 is 0 Å². The molecule has 0 amide bonds. The third kappa shape index (κ3) is 10.3. The molecule has 0 fully saturated rings. The van der Waals surface area contributed by atoms with E-state index < -0.39 is 27.3 Å². The number of ketones is 1. The number of hydrogen-bond acceptors (Lipinski definition) is 4. The molecule has 0 heterocycles. The molecule has 150 valence electrons. The smallest absolute Gasteiger partial charge is 0.279 e. The van der Waals surface area contributed by atoms with Crippen LogP contribution in [0.15, 0.2) is 0 Å². The predicted molar refractivity (Wildman–Crippen MR) is 102 cm³/mol. The number of carbonyl (C=O) groups is 1. The van der Waals surface area contributed by atoms with Gasteiger partial charge in [-0.3, -0.25) is 9.35 Å². The molecule has 0 aromatic heterocycles. The van der Waals surface area contributed by atoms with E-state index in [2.05, 4.69) is 6.92 Å². The first-order chi connectivity index (χ1) is 11.8. The number of rotatable bonds is 17. The molecule has 0 aliphatic carbocycles. The van der Waals surface area contributed by atoms with Crippen LogP contribution < -0.4 is 0 Å². The Hall–Kier alpha value is -0.460. The normalized spacial score (nSPS) is 14.4. The van der Waals surface area contributed by atoms with Gasteiger partial charge in [-0.15, -0.1) is 0 Å². The van der Waals surface area contributed by atoms with Crippen molar-refractivity contribution in [1.82, 2.24) is 0 Å². The Balaban J connectivity index is 3.60. The van der Waals surface area contributed by atoms with E-state index in [1.54, 1.807) is 0 Å². The maximum absolute atomic E-state index is 11.9. The molecular formula is C19H38O5S. The largest absolute Gasteiger partial charge is 0.394 e. The number of Topliss-reactive ketones (excluding diaryl/α,β-unsaturated/α-hetero) is 1. The van der Waals surface area contributed by atoms with E-state index in [0.717, 1.165) is 26.2 Å². The van der Waals surface area contributed by atoms with Crippen molar-refractivity contribution in [3.8, 4) is 0 Å². The maximum Gasteiger partial charge on any atom is 0.279 e. The summed E-state index contributed by atoms with van der Waals surface area (Å²) in [6.07, 6.45) is 15.5. The molecule has 0 rings (SSSR count). The van der Waals surface area contributed by atoms with E-state index in [1.807, 2.05) is 0 Å². The second kappa shape index (κ2) is 13.7. The molecule has 1 unspecified atom stereocenters. The van der Waals surface area contributed by atoms with Crippen LogP contribution in [-0.2, 0) is 14.9 Å². The van der Waals surface area contributed by atoms with Crippen molar-refractivity contribution in [3.05, 3.63) is 0 Å². The van der Waals surface area contributed by atoms with Crippen LogP contribution in [0.2, 0.25) is 0 Å². The van der Waals surface area contributed by atoms with E-state index in [0.29, 0.717) is 6.42 Å². The summed E-state index contributed by atoms with van der Waals surface area (Å²) in [7, 11) is -4.58. The third-order valence-corrected chi connectivity index (χ3v) is 6.46. The number of hydrogen-bond donors (Lipinski definition) is 2. The maximum atomic E-state index is 11.9. The summed E-state index contributed by atoms with van der Waals surface area (Å²) in [6, 6.07) is 0. The molecule has 6 heteroatoms. The fourth-order valence-corrected chi connectivity index (χ4v) is 3.43. The van der Waals surface area contributed by atoms with Crippen molar-refractivity contribution in [2.24, 2.45) is 0 Å². The Bertz CT molecular complexity index is 447. The zero-order valence-electron chi connectivity index (χ0n) is 16.1.